The highest BCUT2D eigenvalue weighted by Crippen LogP contribution is 2.32. The molecule has 1 N–H and O–H groups in total. The molecule has 2 aliphatic carbocycles. The number of carboxylic acids is 1. The largest absolute Gasteiger partial charge is 0.481 e. The van der Waals surface area contributed by atoms with Crippen LogP contribution in [0.2, 0.25) is 0 Å². The van der Waals surface area contributed by atoms with Gasteiger partial charge in [0.05, 0.1) is 5.92 Å². The average Bonchev–Trinajstić information content (AvgIpc) is 2.60. The number of benzene rings is 2. The first-order chi connectivity index (χ1) is 11.2. The van der Waals surface area contributed by atoms with E-state index in [9.17, 15) is 9.90 Å². The summed E-state index contributed by atoms with van der Waals surface area (Å²) in [4.78, 5) is 11.2. The predicted molar refractivity (Wildman–Crippen MR) is 91.7 cm³/mol. The molecule has 0 fully saturated rings. The van der Waals surface area contributed by atoms with Gasteiger partial charge in [-0.05, 0) is 78.3 Å². The average molecular weight is 306 g/mol. The molecule has 0 saturated carbocycles. The zero-order chi connectivity index (χ0) is 15.8. The maximum absolute atomic E-state index is 11.2. The van der Waals surface area contributed by atoms with E-state index in [2.05, 4.69) is 36.4 Å². The van der Waals surface area contributed by atoms with E-state index >= 15 is 0 Å². The Morgan fingerprint density at radius 3 is 2.13 bits per heavy atom. The Morgan fingerprint density at radius 2 is 1.43 bits per heavy atom. The first kappa shape index (κ1) is 14.5. The molecular weight excluding hydrogens is 284 g/mol. The first-order valence-electron chi connectivity index (χ1n) is 8.67. The van der Waals surface area contributed by atoms with Gasteiger partial charge in [0.15, 0.2) is 0 Å². The van der Waals surface area contributed by atoms with Gasteiger partial charge in [-0.1, -0.05) is 36.4 Å². The van der Waals surface area contributed by atoms with Crippen molar-refractivity contribution < 1.29 is 9.90 Å². The molecule has 2 heteroatoms. The molecule has 0 radical (unpaired) electrons. The second-order valence-electron chi connectivity index (χ2n) is 6.95. The number of carboxylic acid groups (broad SMARTS) is 1. The first-order valence-corrected chi connectivity index (χ1v) is 8.67. The molecule has 118 valence electrons. The van der Waals surface area contributed by atoms with Crippen molar-refractivity contribution in [2.24, 2.45) is 5.92 Å². The molecule has 0 saturated heterocycles. The highest BCUT2D eigenvalue weighted by molar-refractivity contribution is 5.72. The molecule has 0 heterocycles. The predicted octanol–water partition coefficient (Wildman–Crippen LogP) is 4.42. The van der Waals surface area contributed by atoms with Gasteiger partial charge in [-0.25, -0.2) is 0 Å². The lowest BCUT2D eigenvalue weighted by atomic mass is 9.82. The van der Waals surface area contributed by atoms with Gasteiger partial charge < -0.3 is 5.11 Å². The summed E-state index contributed by atoms with van der Waals surface area (Å²) in [7, 11) is 0. The molecule has 4 rings (SSSR count). The van der Waals surface area contributed by atoms with Gasteiger partial charge in [-0.3, -0.25) is 4.79 Å². The SMILES string of the molecule is O=C(O)C1CCc2cc(-c3ccc4c(c3)CCCC4)ccc2C1. The molecule has 0 bridgehead atoms. The van der Waals surface area contributed by atoms with Gasteiger partial charge in [0, 0.05) is 0 Å². The number of hydrogen-bond donors (Lipinski definition) is 1. The molecular formula is C21H22O2. The fraction of sp³-hybridized carbons (Fsp3) is 0.381. The third-order valence-electron chi connectivity index (χ3n) is 5.47. The van der Waals surface area contributed by atoms with E-state index in [0.29, 0.717) is 6.42 Å². The highest BCUT2D eigenvalue weighted by Gasteiger charge is 2.24. The van der Waals surface area contributed by atoms with Crippen LogP contribution in [0.3, 0.4) is 0 Å². The fourth-order valence-electron chi connectivity index (χ4n) is 4.06. The monoisotopic (exact) mass is 306 g/mol. The van der Waals surface area contributed by atoms with Gasteiger partial charge in [-0.2, -0.15) is 0 Å². The Hall–Kier alpha value is -2.09. The summed E-state index contributed by atoms with van der Waals surface area (Å²) < 4.78 is 0. The van der Waals surface area contributed by atoms with E-state index in [1.165, 1.54) is 59.1 Å². The molecule has 2 aliphatic rings. The van der Waals surface area contributed by atoms with Crippen LogP contribution in [0, 0.1) is 5.92 Å². The van der Waals surface area contributed by atoms with E-state index in [-0.39, 0.29) is 5.92 Å². The van der Waals surface area contributed by atoms with Gasteiger partial charge in [0.1, 0.15) is 0 Å². The minimum Gasteiger partial charge on any atom is -0.481 e. The number of carbonyl (C=O) groups is 1. The lowest BCUT2D eigenvalue weighted by Crippen LogP contribution is -2.22. The Balaban J connectivity index is 1.65. The van der Waals surface area contributed by atoms with Gasteiger partial charge >= 0.3 is 5.97 Å². The van der Waals surface area contributed by atoms with Crippen molar-refractivity contribution in [2.45, 2.75) is 44.9 Å². The van der Waals surface area contributed by atoms with Gasteiger partial charge in [0.25, 0.3) is 0 Å². The number of rotatable bonds is 2. The van der Waals surface area contributed by atoms with Crippen molar-refractivity contribution in [3.8, 4) is 11.1 Å². The minimum absolute atomic E-state index is 0.211. The smallest absolute Gasteiger partial charge is 0.306 e. The van der Waals surface area contributed by atoms with Crippen molar-refractivity contribution in [3.05, 3.63) is 58.7 Å². The van der Waals surface area contributed by atoms with Crippen molar-refractivity contribution in [1.82, 2.24) is 0 Å². The second-order valence-corrected chi connectivity index (χ2v) is 6.95. The number of fused-ring (bicyclic) bond motifs is 2. The molecule has 0 spiro atoms. The van der Waals surface area contributed by atoms with Gasteiger partial charge in [-0.15, -0.1) is 0 Å². The summed E-state index contributed by atoms with van der Waals surface area (Å²) in [5.41, 5.74) is 8.14. The summed E-state index contributed by atoms with van der Waals surface area (Å²) in [5, 5.41) is 9.21. The van der Waals surface area contributed by atoms with Crippen LogP contribution in [-0.2, 0) is 30.5 Å². The van der Waals surface area contributed by atoms with Crippen molar-refractivity contribution >= 4 is 5.97 Å². The van der Waals surface area contributed by atoms with E-state index in [1.807, 2.05) is 0 Å². The molecule has 1 atom stereocenters. The summed E-state index contributed by atoms with van der Waals surface area (Å²) >= 11 is 0. The Kier molecular flexibility index (Phi) is 3.68. The van der Waals surface area contributed by atoms with Crippen molar-refractivity contribution in [1.29, 1.82) is 0 Å². The van der Waals surface area contributed by atoms with Crippen LogP contribution < -0.4 is 0 Å². The molecule has 2 nitrogen and oxygen atoms in total. The van der Waals surface area contributed by atoms with Crippen LogP contribution in [0.4, 0.5) is 0 Å². The van der Waals surface area contributed by atoms with E-state index in [0.717, 1.165) is 12.8 Å². The van der Waals surface area contributed by atoms with E-state index in [4.69, 9.17) is 0 Å². The highest BCUT2D eigenvalue weighted by atomic mass is 16.4. The molecule has 23 heavy (non-hydrogen) atoms. The maximum atomic E-state index is 11.2. The lowest BCUT2D eigenvalue weighted by Gasteiger charge is -2.22. The molecule has 2 aromatic rings. The van der Waals surface area contributed by atoms with Crippen LogP contribution >= 0.6 is 0 Å². The summed E-state index contributed by atoms with van der Waals surface area (Å²) in [5.74, 6) is -0.869. The van der Waals surface area contributed by atoms with E-state index in [1.54, 1.807) is 0 Å². The number of hydrogen-bond acceptors (Lipinski definition) is 1. The molecule has 0 aliphatic heterocycles. The number of aliphatic carboxylic acids is 1. The summed E-state index contributed by atoms with van der Waals surface area (Å²) in [6.07, 6.45) is 7.36. The normalized spacial score (nSPS) is 19.7. The Morgan fingerprint density at radius 1 is 0.826 bits per heavy atom. The van der Waals surface area contributed by atoms with E-state index < -0.39 is 5.97 Å². The van der Waals surface area contributed by atoms with Crippen LogP contribution in [0.1, 0.15) is 41.5 Å². The standard InChI is InChI=1S/C21H22O2/c22-21(23)20-10-9-18-12-17(7-8-19(18)13-20)16-6-5-14-3-1-2-4-15(14)11-16/h5-8,11-12,20H,1-4,9-10,13H2,(H,22,23). The zero-order valence-electron chi connectivity index (χ0n) is 13.3. The van der Waals surface area contributed by atoms with Crippen LogP contribution in [0.25, 0.3) is 11.1 Å². The topological polar surface area (TPSA) is 37.3 Å². The third-order valence-corrected chi connectivity index (χ3v) is 5.47. The zero-order valence-corrected chi connectivity index (χ0v) is 13.3. The third kappa shape index (κ3) is 2.78. The molecule has 2 aromatic carbocycles. The Labute approximate surface area is 137 Å². The lowest BCUT2D eigenvalue weighted by molar-refractivity contribution is -0.142. The number of aryl methyl sites for hydroxylation is 3. The molecule has 0 aromatic heterocycles. The van der Waals surface area contributed by atoms with Gasteiger partial charge in [0.2, 0.25) is 0 Å². The quantitative estimate of drug-likeness (QED) is 0.891. The van der Waals surface area contributed by atoms with Crippen LogP contribution in [0.5, 0.6) is 0 Å². The molecule has 0 amide bonds. The second kappa shape index (κ2) is 5.84. The molecule has 1 unspecified atom stereocenters. The van der Waals surface area contributed by atoms with Crippen LogP contribution in [-0.4, -0.2) is 11.1 Å². The fourth-order valence-corrected chi connectivity index (χ4v) is 4.06. The summed E-state index contributed by atoms with van der Waals surface area (Å²) in [6, 6.07) is 13.5. The van der Waals surface area contributed by atoms with Crippen LogP contribution in [0.15, 0.2) is 36.4 Å². The minimum atomic E-state index is -0.658. The summed E-state index contributed by atoms with van der Waals surface area (Å²) in [6.45, 7) is 0. The van der Waals surface area contributed by atoms with Crippen molar-refractivity contribution in [3.63, 3.8) is 0 Å². The Bertz CT molecular complexity index is 760. The maximum Gasteiger partial charge on any atom is 0.306 e. The van der Waals surface area contributed by atoms with Crippen molar-refractivity contribution in [2.75, 3.05) is 0 Å².